The van der Waals surface area contributed by atoms with Gasteiger partial charge in [0.2, 0.25) is 0 Å². The summed E-state index contributed by atoms with van der Waals surface area (Å²) < 4.78 is 4.67. The van der Waals surface area contributed by atoms with E-state index in [4.69, 9.17) is 0 Å². The minimum absolute atomic E-state index is 0.288. The number of hydrogen-bond acceptors (Lipinski definition) is 3. The third-order valence-electron chi connectivity index (χ3n) is 3.00. The van der Waals surface area contributed by atoms with Crippen LogP contribution in [0.5, 0.6) is 0 Å². The van der Waals surface area contributed by atoms with Crippen LogP contribution in [0.3, 0.4) is 0 Å². The molecule has 0 radical (unpaired) electrons. The Bertz CT molecular complexity index is 194. The molecule has 2 atom stereocenters. The van der Waals surface area contributed by atoms with Gasteiger partial charge in [-0.2, -0.15) is 0 Å². The lowest BCUT2D eigenvalue weighted by molar-refractivity contribution is -0.156. The smallest absolute Gasteiger partial charge is 0.311 e. The Labute approximate surface area is 79.1 Å². The molecule has 0 saturated heterocycles. The van der Waals surface area contributed by atoms with Crippen molar-refractivity contribution in [1.29, 1.82) is 0 Å². The van der Waals surface area contributed by atoms with E-state index in [1.807, 2.05) is 6.92 Å². The van der Waals surface area contributed by atoms with Crippen LogP contribution in [0.4, 0.5) is 0 Å². The van der Waals surface area contributed by atoms with Gasteiger partial charge in [0.15, 0.2) is 0 Å². The zero-order valence-corrected chi connectivity index (χ0v) is 8.54. The fourth-order valence-corrected chi connectivity index (χ4v) is 1.91. The van der Waals surface area contributed by atoms with E-state index in [1.165, 1.54) is 7.11 Å². The van der Waals surface area contributed by atoms with Crippen LogP contribution in [0.25, 0.3) is 0 Å². The normalized spacial score (nSPS) is 23.4. The summed E-state index contributed by atoms with van der Waals surface area (Å²) >= 11 is 0. The summed E-state index contributed by atoms with van der Waals surface area (Å²) in [4.78, 5) is 11.3. The molecule has 3 nitrogen and oxygen atoms in total. The van der Waals surface area contributed by atoms with Gasteiger partial charge in [-0.05, 0) is 32.1 Å². The summed E-state index contributed by atoms with van der Waals surface area (Å²) in [6.45, 7) is 3.65. The predicted octanol–water partition coefficient (Wildman–Crippen LogP) is 1.35. The molecule has 2 unspecified atom stereocenters. The SMILES string of the molecule is CCC(C(=O)OC)C(C)(O)C1CC1. The van der Waals surface area contributed by atoms with Crippen molar-refractivity contribution in [2.45, 2.75) is 38.7 Å². The van der Waals surface area contributed by atoms with E-state index in [9.17, 15) is 9.90 Å². The molecular weight excluding hydrogens is 168 g/mol. The van der Waals surface area contributed by atoms with E-state index in [2.05, 4.69) is 4.74 Å². The molecule has 0 spiro atoms. The van der Waals surface area contributed by atoms with E-state index in [-0.39, 0.29) is 17.8 Å². The van der Waals surface area contributed by atoms with Crippen molar-refractivity contribution in [3.05, 3.63) is 0 Å². The molecule has 3 heteroatoms. The third-order valence-corrected chi connectivity index (χ3v) is 3.00. The van der Waals surface area contributed by atoms with Crippen LogP contribution in [0, 0.1) is 11.8 Å². The number of ether oxygens (including phenoxy) is 1. The highest BCUT2D eigenvalue weighted by molar-refractivity contribution is 5.73. The van der Waals surface area contributed by atoms with Gasteiger partial charge < -0.3 is 9.84 Å². The van der Waals surface area contributed by atoms with Crippen LogP contribution >= 0.6 is 0 Å². The van der Waals surface area contributed by atoms with Crippen molar-refractivity contribution in [1.82, 2.24) is 0 Å². The first kappa shape index (κ1) is 10.5. The lowest BCUT2D eigenvalue weighted by Crippen LogP contribution is -2.41. The molecule has 0 amide bonds. The fraction of sp³-hybridized carbons (Fsp3) is 0.900. The number of carbonyl (C=O) groups excluding carboxylic acids is 1. The van der Waals surface area contributed by atoms with Crippen molar-refractivity contribution < 1.29 is 14.6 Å². The Kier molecular flexibility index (Phi) is 2.96. The molecule has 1 aliphatic rings. The first-order valence-corrected chi connectivity index (χ1v) is 4.84. The molecule has 0 aromatic carbocycles. The molecule has 1 aliphatic carbocycles. The number of aliphatic hydroxyl groups is 1. The molecule has 1 saturated carbocycles. The number of hydrogen-bond donors (Lipinski definition) is 1. The lowest BCUT2D eigenvalue weighted by Gasteiger charge is -2.30. The fourth-order valence-electron chi connectivity index (χ4n) is 1.91. The molecule has 0 aromatic rings. The largest absolute Gasteiger partial charge is 0.469 e. The summed E-state index contributed by atoms with van der Waals surface area (Å²) in [5, 5.41) is 10.1. The van der Waals surface area contributed by atoms with E-state index in [0.29, 0.717) is 6.42 Å². The number of carbonyl (C=O) groups is 1. The average molecular weight is 186 g/mol. The number of methoxy groups -OCH3 is 1. The minimum Gasteiger partial charge on any atom is -0.469 e. The zero-order valence-electron chi connectivity index (χ0n) is 8.54. The molecule has 1 fully saturated rings. The Balaban J connectivity index is 2.68. The first-order chi connectivity index (χ1) is 6.04. The van der Waals surface area contributed by atoms with Crippen LogP contribution in [-0.2, 0) is 9.53 Å². The highest BCUT2D eigenvalue weighted by atomic mass is 16.5. The van der Waals surface area contributed by atoms with Crippen LogP contribution in [0.1, 0.15) is 33.1 Å². The first-order valence-electron chi connectivity index (χ1n) is 4.84. The van der Waals surface area contributed by atoms with Crippen molar-refractivity contribution in [2.24, 2.45) is 11.8 Å². The minimum atomic E-state index is -0.873. The topological polar surface area (TPSA) is 46.5 Å². The molecule has 0 aliphatic heterocycles. The van der Waals surface area contributed by atoms with Gasteiger partial charge >= 0.3 is 5.97 Å². The van der Waals surface area contributed by atoms with Gasteiger partial charge in [-0.15, -0.1) is 0 Å². The van der Waals surface area contributed by atoms with Crippen molar-refractivity contribution in [3.63, 3.8) is 0 Å². The van der Waals surface area contributed by atoms with Gasteiger partial charge in [-0.1, -0.05) is 6.92 Å². The highest BCUT2D eigenvalue weighted by Gasteiger charge is 2.48. The Morgan fingerprint density at radius 1 is 1.69 bits per heavy atom. The molecule has 0 heterocycles. The summed E-state index contributed by atoms with van der Waals surface area (Å²) in [5.74, 6) is -0.374. The van der Waals surface area contributed by atoms with Crippen molar-refractivity contribution >= 4 is 5.97 Å². The molecule has 0 bridgehead atoms. The highest BCUT2D eigenvalue weighted by Crippen LogP contribution is 2.44. The summed E-state index contributed by atoms with van der Waals surface area (Å²) in [7, 11) is 1.37. The second-order valence-corrected chi connectivity index (χ2v) is 3.98. The summed E-state index contributed by atoms with van der Waals surface area (Å²) in [5.41, 5.74) is -0.873. The maximum absolute atomic E-state index is 11.3. The number of rotatable bonds is 4. The molecule has 1 rings (SSSR count). The quantitative estimate of drug-likeness (QED) is 0.674. The standard InChI is InChI=1S/C10H18O3/c1-4-8(9(11)13-3)10(2,12)7-5-6-7/h7-8,12H,4-6H2,1-3H3. The monoisotopic (exact) mass is 186 g/mol. The van der Waals surface area contributed by atoms with Gasteiger partial charge in [0.25, 0.3) is 0 Å². The van der Waals surface area contributed by atoms with Gasteiger partial charge in [0, 0.05) is 0 Å². The van der Waals surface area contributed by atoms with E-state index < -0.39 is 5.60 Å². The maximum atomic E-state index is 11.3. The van der Waals surface area contributed by atoms with E-state index >= 15 is 0 Å². The van der Waals surface area contributed by atoms with Crippen LogP contribution in [-0.4, -0.2) is 23.8 Å². The van der Waals surface area contributed by atoms with Gasteiger partial charge in [0.05, 0.1) is 18.6 Å². The van der Waals surface area contributed by atoms with Crippen molar-refractivity contribution in [2.75, 3.05) is 7.11 Å². The average Bonchev–Trinajstić information content (AvgIpc) is 2.86. The molecule has 76 valence electrons. The lowest BCUT2D eigenvalue weighted by atomic mass is 9.83. The van der Waals surface area contributed by atoms with Gasteiger partial charge in [-0.3, -0.25) is 4.79 Å². The van der Waals surface area contributed by atoms with Gasteiger partial charge in [0.1, 0.15) is 0 Å². The second kappa shape index (κ2) is 3.66. The Morgan fingerprint density at radius 3 is 2.54 bits per heavy atom. The maximum Gasteiger partial charge on any atom is 0.311 e. The van der Waals surface area contributed by atoms with Crippen molar-refractivity contribution in [3.8, 4) is 0 Å². The predicted molar refractivity (Wildman–Crippen MR) is 49.1 cm³/mol. The third kappa shape index (κ3) is 2.02. The van der Waals surface area contributed by atoms with E-state index in [1.54, 1.807) is 6.92 Å². The second-order valence-electron chi connectivity index (χ2n) is 3.98. The Hall–Kier alpha value is -0.570. The molecular formula is C10H18O3. The molecule has 1 N–H and O–H groups in total. The van der Waals surface area contributed by atoms with Crippen LogP contribution in [0.15, 0.2) is 0 Å². The molecule has 13 heavy (non-hydrogen) atoms. The molecule has 0 aromatic heterocycles. The number of esters is 1. The van der Waals surface area contributed by atoms with E-state index in [0.717, 1.165) is 12.8 Å². The Morgan fingerprint density at radius 2 is 2.23 bits per heavy atom. The zero-order chi connectivity index (χ0) is 10.1. The summed E-state index contributed by atoms with van der Waals surface area (Å²) in [6, 6.07) is 0. The van der Waals surface area contributed by atoms with Gasteiger partial charge in [-0.25, -0.2) is 0 Å². The summed E-state index contributed by atoms with van der Waals surface area (Å²) in [6.07, 6.45) is 2.69. The van der Waals surface area contributed by atoms with Crippen LogP contribution < -0.4 is 0 Å². The van der Waals surface area contributed by atoms with Crippen LogP contribution in [0.2, 0.25) is 0 Å².